The van der Waals surface area contributed by atoms with E-state index in [0.717, 1.165) is 41.3 Å². The molecule has 1 aliphatic heterocycles. The number of anilines is 2. The molecule has 3 heterocycles. The first kappa shape index (κ1) is 28.2. The van der Waals surface area contributed by atoms with Crippen molar-refractivity contribution >= 4 is 32.7 Å². The quantitative estimate of drug-likeness (QED) is 0.258. The molecule has 1 saturated heterocycles. The van der Waals surface area contributed by atoms with Crippen LogP contribution < -0.4 is 10.6 Å². The SMILES string of the molecule is Cc1cc(Nc2ccc(-c3cnc([C@H]4CC[C@H](NC(O)OC(C)C)CC4)s3)c(S(=O)(=O)C3CCOC3)c2)n[nH]1. The molecule has 2 atom stereocenters. The number of benzene rings is 1. The van der Waals surface area contributed by atoms with Gasteiger partial charge in [0.25, 0.3) is 0 Å². The Morgan fingerprint density at radius 1 is 1.18 bits per heavy atom. The van der Waals surface area contributed by atoms with Gasteiger partial charge in [0.05, 0.1) is 32.7 Å². The molecule has 1 aliphatic carbocycles. The number of ether oxygens (including phenoxy) is 2. The normalized spacial score (nSPS) is 22.8. The number of thiazole rings is 1. The average molecular weight is 576 g/mol. The fraction of sp³-hybridized carbons (Fsp3) is 0.556. The van der Waals surface area contributed by atoms with Crippen molar-refractivity contribution in [1.82, 2.24) is 20.5 Å². The van der Waals surface area contributed by atoms with Gasteiger partial charge in [-0.1, -0.05) is 6.07 Å². The summed E-state index contributed by atoms with van der Waals surface area (Å²) >= 11 is 1.56. The lowest BCUT2D eigenvalue weighted by atomic mass is 9.86. The van der Waals surface area contributed by atoms with E-state index in [0.29, 0.717) is 36.0 Å². The van der Waals surface area contributed by atoms with Crippen LogP contribution in [0.2, 0.25) is 0 Å². The molecule has 0 bridgehead atoms. The van der Waals surface area contributed by atoms with Crippen LogP contribution in [-0.2, 0) is 19.3 Å². The van der Waals surface area contributed by atoms with E-state index < -0.39 is 21.5 Å². The molecule has 0 radical (unpaired) electrons. The van der Waals surface area contributed by atoms with Crippen LogP contribution >= 0.6 is 11.3 Å². The molecule has 2 fully saturated rings. The summed E-state index contributed by atoms with van der Waals surface area (Å²) in [6, 6.07) is 7.50. The van der Waals surface area contributed by atoms with E-state index in [-0.39, 0.29) is 23.6 Å². The molecule has 1 aromatic carbocycles. The van der Waals surface area contributed by atoms with Crippen LogP contribution in [-0.4, -0.2) is 65.7 Å². The minimum absolute atomic E-state index is 0.0492. The van der Waals surface area contributed by atoms with Crippen LogP contribution in [0.1, 0.15) is 62.6 Å². The van der Waals surface area contributed by atoms with Gasteiger partial charge in [0, 0.05) is 47.8 Å². The molecule has 0 spiro atoms. The standard InChI is InChI=1S/C27H37N5O5S2/c1-16(2)37-27(33)30-19-6-4-18(5-7-19)26-28-14-23(38-26)22-9-8-20(29-25-12-17(3)31-32-25)13-24(22)39(34,35)21-10-11-36-15-21/h8-9,12-14,16,18-19,21,27,30,33H,4-7,10-11,15H2,1-3H3,(H2,29,31,32)/t18-,19-,21?,27?. The van der Waals surface area contributed by atoms with Gasteiger partial charge in [-0.25, -0.2) is 13.4 Å². The van der Waals surface area contributed by atoms with Gasteiger partial charge in [0.15, 0.2) is 15.7 Å². The maximum atomic E-state index is 13.8. The number of hydrogen-bond donors (Lipinski definition) is 4. The lowest BCUT2D eigenvalue weighted by Crippen LogP contribution is -2.42. The van der Waals surface area contributed by atoms with Gasteiger partial charge < -0.3 is 19.9 Å². The monoisotopic (exact) mass is 575 g/mol. The smallest absolute Gasteiger partial charge is 0.213 e. The average Bonchev–Trinajstić information content (AvgIpc) is 3.67. The molecule has 4 N–H and O–H groups in total. The van der Waals surface area contributed by atoms with Gasteiger partial charge in [0.2, 0.25) is 6.41 Å². The third-order valence-corrected chi connectivity index (χ3v) is 10.6. The van der Waals surface area contributed by atoms with Crippen molar-refractivity contribution in [1.29, 1.82) is 0 Å². The predicted octanol–water partition coefficient (Wildman–Crippen LogP) is 4.46. The number of sulfone groups is 1. The number of rotatable bonds is 10. The first-order valence-corrected chi connectivity index (χ1v) is 15.9. The lowest BCUT2D eigenvalue weighted by molar-refractivity contribution is -0.150. The highest BCUT2D eigenvalue weighted by atomic mass is 32.2. The van der Waals surface area contributed by atoms with Crippen molar-refractivity contribution < 1.29 is 23.0 Å². The Labute approximate surface area is 233 Å². The van der Waals surface area contributed by atoms with E-state index in [1.54, 1.807) is 23.6 Å². The molecule has 5 rings (SSSR count). The van der Waals surface area contributed by atoms with E-state index in [1.165, 1.54) is 0 Å². The highest BCUT2D eigenvalue weighted by Gasteiger charge is 2.34. The second kappa shape index (κ2) is 12.0. The van der Waals surface area contributed by atoms with E-state index in [1.807, 2.05) is 39.0 Å². The predicted molar refractivity (Wildman–Crippen MR) is 151 cm³/mol. The third-order valence-electron chi connectivity index (χ3n) is 7.24. The van der Waals surface area contributed by atoms with E-state index in [4.69, 9.17) is 14.5 Å². The fourth-order valence-corrected chi connectivity index (χ4v) is 8.22. The molecule has 39 heavy (non-hydrogen) atoms. The van der Waals surface area contributed by atoms with Crippen molar-refractivity contribution in [3.05, 3.63) is 41.2 Å². The number of aliphatic hydroxyl groups excluding tert-OH is 1. The van der Waals surface area contributed by atoms with Crippen molar-refractivity contribution in [2.45, 2.75) is 87.5 Å². The molecule has 212 valence electrons. The molecular weight excluding hydrogens is 538 g/mol. The molecule has 2 aliphatic rings. The molecule has 1 saturated carbocycles. The number of aromatic amines is 1. The second-order valence-corrected chi connectivity index (χ2v) is 13.9. The van der Waals surface area contributed by atoms with Crippen LogP contribution in [0.5, 0.6) is 0 Å². The Bertz CT molecular complexity index is 1360. The zero-order valence-corrected chi connectivity index (χ0v) is 24.1. The summed E-state index contributed by atoms with van der Waals surface area (Å²) in [5.41, 5.74) is 2.23. The van der Waals surface area contributed by atoms with Crippen molar-refractivity contribution in [2.75, 3.05) is 18.5 Å². The van der Waals surface area contributed by atoms with Crippen molar-refractivity contribution in [3.8, 4) is 10.4 Å². The molecular formula is C27H37N5O5S2. The van der Waals surface area contributed by atoms with Crippen LogP contribution in [0, 0.1) is 6.92 Å². The number of aryl methyl sites for hydroxylation is 1. The molecule has 10 nitrogen and oxygen atoms in total. The summed E-state index contributed by atoms with van der Waals surface area (Å²) in [6.45, 7) is 6.35. The van der Waals surface area contributed by atoms with Crippen LogP contribution in [0.3, 0.4) is 0 Å². The summed E-state index contributed by atoms with van der Waals surface area (Å²) in [4.78, 5) is 5.86. The topological polar surface area (TPSA) is 138 Å². The van der Waals surface area contributed by atoms with Gasteiger partial charge in [-0.15, -0.1) is 11.3 Å². The van der Waals surface area contributed by atoms with Crippen LogP contribution in [0.25, 0.3) is 10.4 Å². The zero-order chi connectivity index (χ0) is 27.6. The highest BCUT2D eigenvalue weighted by Crippen LogP contribution is 2.41. The summed E-state index contributed by atoms with van der Waals surface area (Å²) in [5.74, 6) is 0.929. The number of H-pyrrole nitrogens is 1. The van der Waals surface area contributed by atoms with Gasteiger partial charge in [-0.2, -0.15) is 5.10 Å². The Morgan fingerprint density at radius 2 is 1.97 bits per heavy atom. The lowest BCUT2D eigenvalue weighted by Gasteiger charge is -2.30. The van der Waals surface area contributed by atoms with E-state index in [2.05, 4.69) is 20.8 Å². The third kappa shape index (κ3) is 6.69. The Hall–Kier alpha value is -2.35. The van der Waals surface area contributed by atoms with Crippen LogP contribution in [0.15, 0.2) is 35.4 Å². The summed E-state index contributed by atoms with van der Waals surface area (Å²) in [7, 11) is -3.63. The molecule has 12 heteroatoms. The summed E-state index contributed by atoms with van der Waals surface area (Å²) in [6.07, 6.45) is 4.98. The molecule has 0 amide bonds. The Kier molecular flexibility index (Phi) is 8.69. The number of aromatic nitrogens is 3. The minimum Gasteiger partial charge on any atom is -0.380 e. The molecule has 2 unspecified atom stereocenters. The number of hydrogen-bond acceptors (Lipinski definition) is 10. The Morgan fingerprint density at radius 3 is 2.64 bits per heavy atom. The molecule has 2 aromatic heterocycles. The maximum Gasteiger partial charge on any atom is 0.213 e. The van der Waals surface area contributed by atoms with Gasteiger partial charge >= 0.3 is 0 Å². The van der Waals surface area contributed by atoms with Crippen molar-refractivity contribution in [3.63, 3.8) is 0 Å². The fourth-order valence-electron chi connectivity index (χ4n) is 5.21. The Balaban J connectivity index is 1.35. The van der Waals surface area contributed by atoms with E-state index >= 15 is 0 Å². The number of aliphatic hydroxyl groups is 1. The molecule has 3 aromatic rings. The second-order valence-electron chi connectivity index (χ2n) is 10.6. The summed E-state index contributed by atoms with van der Waals surface area (Å²) in [5, 5.41) is 24.0. The van der Waals surface area contributed by atoms with Gasteiger partial charge in [0.1, 0.15) is 0 Å². The van der Waals surface area contributed by atoms with Crippen molar-refractivity contribution in [2.24, 2.45) is 0 Å². The summed E-state index contributed by atoms with van der Waals surface area (Å²) < 4.78 is 38.3. The van der Waals surface area contributed by atoms with E-state index in [9.17, 15) is 13.5 Å². The minimum atomic E-state index is -3.63. The number of nitrogens with zero attached hydrogens (tertiary/aromatic N) is 2. The largest absolute Gasteiger partial charge is 0.380 e. The van der Waals surface area contributed by atoms with Gasteiger partial charge in [-0.3, -0.25) is 10.4 Å². The number of nitrogens with one attached hydrogen (secondary N) is 3. The highest BCUT2D eigenvalue weighted by molar-refractivity contribution is 7.92. The first-order chi connectivity index (χ1) is 18.7. The maximum absolute atomic E-state index is 13.8. The zero-order valence-electron chi connectivity index (χ0n) is 22.5. The van der Waals surface area contributed by atoms with Gasteiger partial charge in [-0.05, 0) is 65.0 Å². The first-order valence-electron chi connectivity index (χ1n) is 13.5. The van der Waals surface area contributed by atoms with Crippen LogP contribution in [0.4, 0.5) is 11.5 Å².